The van der Waals surface area contributed by atoms with Crippen molar-refractivity contribution >= 4 is 5.97 Å². The van der Waals surface area contributed by atoms with Crippen LogP contribution in [0.2, 0.25) is 0 Å². The summed E-state index contributed by atoms with van der Waals surface area (Å²) in [4.78, 5) is 15.1. The number of methoxy groups -OCH3 is 1. The zero-order valence-corrected chi connectivity index (χ0v) is 7.79. The fraction of sp³-hybridized carbons (Fsp3) is 0.333. The molecule has 1 heterocycles. The Morgan fingerprint density at radius 2 is 2.15 bits per heavy atom. The first-order chi connectivity index (χ1) is 6.07. The van der Waals surface area contributed by atoms with Crippen molar-refractivity contribution in [3.05, 3.63) is 23.0 Å². The van der Waals surface area contributed by atoms with Crippen LogP contribution in [-0.2, 0) is 4.74 Å². The molecule has 0 saturated heterocycles. The number of hydrogen-bond donors (Lipinski definition) is 1. The van der Waals surface area contributed by atoms with Gasteiger partial charge in [-0.1, -0.05) is 0 Å². The summed E-state index contributed by atoms with van der Waals surface area (Å²) in [6.45, 7) is 3.32. The first-order valence-electron chi connectivity index (χ1n) is 3.81. The van der Waals surface area contributed by atoms with Crippen molar-refractivity contribution in [3.8, 4) is 5.75 Å². The Morgan fingerprint density at radius 3 is 2.69 bits per heavy atom. The third-order valence-corrected chi connectivity index (χ3v) is 1.82. The molecule has 4 nitrogen and oxygen atoms in total. The molecule has 0 fully saturated rings. The summed E-state index contributed by atoms with van der Waals surface area (Å²) in [6.07, 6.45) is 1.53. The highest BCUT2D eigenvalue weighted by molar-refractivity contribution is 5.94. The lowest BCUT2D eigenvalue weighted by Gasteiger charge is -2.07. The van der Waals surface area contributed by atoms with E-state index < -0.39 is 5.97 Å². The molecule has 1 aromatic heterocycles. The van der Waals surface area contributed by atoms with Crippen molar-refractivity contribution < 1.29 is 14.6 Å². The molecule has 4 heteroatoms. The first-order valence-corrected chi connectivity index (χ1v) is 3.81. The van der Waals surface area contributed by atoms with Gasteiger partial charge in [-0.25, -0.2) is 4.79 Å². The second-order valence-electron chi connectivity index (χ2n) is 2.74. The number of aromatic hydroxyl groups is 1. The minimum Gasteiger partial charge on any atom is -0.505 e. The van der Waals surface area contributed by atoms with Crippen LogP contribution in [0.5, 0.6) is 5.75 Å². The minimum atomic E-state index is -0.541. The molecule has 0 aliphatic rings. The highest BCUT2D eigenvalue weighted by atomic mass is 16.5. The molecule has 0 radical (unpaired) electrons. The lowest BCUT2D eigenvalue weighted by atomic mass is 10.1. The number of pyridine rings is 1. The molecule has 0 aromatic carbocycles. The van der Waals surface area contributed by atoms with Gasteiger partial charge in [0, 0.05) is 6.20 Å². The summed E-state index contributed by atoms with van der Waals surface area (Å²) in [7, 11) is 1.27. The Kier molecular flexibility index (Phi) is 2.51. The van der Waals surface area contributed by atoms with Gasteiger partial charge >= 0.3 is 5.97 Å². The van der Waals surface area contributed by atoms with Gasteiger partial charge < -0.3 is 9.84 Å². The third-order valence-electron chi connectivity index (χ3n) is 1.82. The van der Waals surface area contributed by atoms with Gasteiger partial charge in [-0.3, -0.25) is 4.98 Å². The number of carbonyl (C=O) groups excluding carboxylic acids is 1. The predicted octanol–water partition coefficient (Wildman–Crippen LogP) is 1.19. The summed E-state index contributed by atoms with van der Waals surface area (Å²) < 4.78 is 4.53. The quantitative estimate of drug-likeness (QED) is 0.661. The lowest BCUT2D eigenvalue weighted by Crippen LogP contribution is -2.05. The summed E-state index contributed by atoms with van der Waals surface area (Å²) in [5.41, 5.74) is 1.22. The number of nitrogens with zero attached hydrogens (tertiary/aromatic N) is 1. The number of aryl methyl sites for hydroxylation is 2. The van der Waals surface area contributed by atoms with Crippen LogP contribution in [0.25, 0.3) is 0 Å². The van der Waals surface area contributed by atoms with Crippen molar-refractivity contribution in [1.82, 2.24) is 4.98 Å². The van der Waals surface area contributed by atoms with E-state index >= 15 is 0 Å². The zero-order valence-electron chi connectivity index (χ0n) is 7.79. The van der Waals surface area contributed by atoms with E-state index in [2.05, 4.69) is 9.72 Å². The maximum atomic E-state index is 11.2. The molecule has 0 bridgehead atoms. The van der Waals surface area contributed by atoms with Gasteiger partial charge in [0.25, 0.3) is 0 Å². The summed E-state index contributed by atoms with van der Waals surface area (Å²) in [5.74, 6) is -0.646. The third kappa shape index (κ3) is 1.61. The normalized spacial score (nSPS) is 9.77. The molecule has 0 aliphatic carbocycles. The fourth-order valence-corrected chi connectivity index (χ4v) is 1.05. The van der Waals surface area contributed by atoms with E-state index in [0.29, 0.717) is 11.3 Å². The molecular formula is C9H11NO3. The monoisotopic (exact) mass is 181 g/mol. The minimum absolute atomic E-state index is 0.105. The first kappa shape index (κ1) is 9.51. The number of ether oxygens (including phenoxy) is 1. The summed E-state index contributed by atoms with van der Waals surface area (Å²) in [6, 6.07) is 0. The molecular weight excluding hydrogens is 170 g/mol. The molecule has 13 heavy (non-hydrogen) atoms. The van der Waals surface area contributed by atoms with Crippen LogP contribution < -0.4 is 0 Å². The van der Waals surface area contributed by atoms with Gasteiger partial charge in [0.05, 0.1) is 12.8 Å². The van der Waals surface area contributed by atoms with Gasteiger partial charge in [0.1, 0.15) is 5.56 Å². The van der Waals surface area contributed by atoms with Gasteiger partial charge in [-0.15, -0.1) is 0 Å². The summed E-state index contributed by atoms with van der Waals surface area (Å²) >= 11 is 0. The van der Waals surface area contributed by atoms with Crippen LogP contribution in [0.1, 0.15) is 21.6 Å². The van der Waals surface area contributed by atoms with Gasteiger partial charge in [0.2, 0.25) is 0 Å². The van der Waals surface area contributed by atoms with Gasteiger partial charge in [-0.2, -0.15) is 0 Å². The summed E-state index contributed by atoms with van der Waals surface area (Å²) in [5, 5.41) is 9.52. The molecule has 1 rings (SSSR count). The number of carbonyl (C=O) groups is 1. The average molecular weight is 181 g/mol. The van der Waals surface area contributed by atoms with Crippen LogP contribution in [0.3, 0.4) is 0 Å². The smallest absolute Gasteiger partial charge is 0.342 e. The van der Waals surface area contributed by atoms with Crippen molar-refractivity contribution in [3.63, 3.8) is 0 Å². The fourth-order valence-electron chi connectivity index (χ4n) is 1.05. The predicted molar refractivity (Wildman–Crippen MR) is 46.7 cm³/mol. The topological polar surface area (TPSA) is 59.4 Å². The maximum absolute atomic E-state index is 11.2. The van der Waals surface area contributed by atoms with Crippen LogP contribution in [0.4, 0.5) is 0 Å². The Morgan fingerprint density at radius 1 is 1.54 bits per heavy atom. The van der Waals surface area contributed by atoms with E-state index in [9.17, 15) is 9.90 Å². The molecule has 0 aliphatic heterocycles. The standard InChI is InChI=1S/C9H11NO3/c1-5-4-10-6(2)8(11)7(5)9(12)13-3/h4,11H,1-3H3. The molecule has 0 unspecified atom stereocenters. The second-order valence-corrected chi connectivity index (χ2v) is 2.74. The highest BCUT2D eigenvalue weighted by Gasteiger charge is 2.16. The largest absolute Gasteiger partial charge is 0.505 e. The Balaban J connectivity index is 3.33. The molecule has 70 valence electrons. The number of esters is 1. The average Bonchev–Trinajstić information content (AvgIpc) is 2.12. The van der Waals surface area contributed by atoms with Crippen LogP contribution in [-0.4, -0.2) is 23.2 Å². The Labute approximate surface area is 76.2 Å². The molecule has 0 saturated carbocycles. The van der Waals surface area contributed by atoms with Crippen molar-refractivity contribution in [2.45, 2.75) is 13.8 Å². The van der Waals surface area contributed by atoms with Crippen LogP contribution >= 0.6 is 0 Å². The molecule has 0 atom stereocenters. The van der Waals surface area contributed by atoms with Crippen molar-refractivity contribution in [1.29, 1.82) is 0 Å². The number of rotatable bonds is 1. The molecule has 0 spiro atoms. The second kappa shape index (κ2) is 3.43. The van der Waals surface area contributed by atoms with E-state index in [4.69, 9.17) is 0 Å². The molecule has 1 N–H and O–H groups in total. The van der Waals surface area contributed by atoms with E-state index in [1.165, 1.54) is 13.3 Å². The van der Waals surface area contributed by atoms with E-state index in [1.54, 1.807) is 13.8 Å². The lowest BCUT2D eigenvalue weighted by molar-refractivity contribution is 0.0596. The van der Waals surface area contributed by atoms with Crippen molar-refractivity contribution in [2.24, 2.45) is 0 Å². The molecule has 0 amide bonds. The van der Waals surface area contributed by atoms with E-state index in [0.717, 1.165) is 0 Å². The molecule has 1 aromatic rings. The van der Waals surface area contributed by atoms with Gasteiger partial charge in [-0.05, 0) is 19.4 Å². The van der Waals surface area contributed by atoms with E-state index in [-0.39, 0.29) is 11.3 Å². The Bertz CT molecular complexity index is 347. The van der Waals surface area contributed by atoms with Crippen LogP contribution in [0.15, 0.2) is 6.20 Å². The number of aromatic nitrogens is 1. The highest BCUT2D eigenvalue weighted by Crippen LogP contribution is 2.23. The van der Waals surface area contributed by atoms with Crippen molar-refractivity contribution in [2.75, 3.05) is 7.11 Å². The zero-order chi connectivity index (χ0) is 10.0. The SMILES string of the molecule is COC(=O)c1c(C)cnc(C)c1O. The van der Waals surface area contributed by atoms with Crippen LogP contribution in [0, 0.1) is 13.8 Å². The maximum Gasteiger partial charge on any atom is 0.342 e. The van der Waals surface area contributed by atoms with E-state index in [1.807, 2.05) is 0 Å². The number of hydrogen-bond acceptors (Lipinski definition) is 4. The Hall–Kier alpha value is -1.58. The van der Waals surface area contributed by atoms with Gasteiger partial charge in [0.15, 0.2) is 5.75 Å².